The summed E-state index contributed by atoms with van der Waals surface area (Å²) in [5.74, 6) is -0.112. The summed E-state index contributed by atoms with van der Waals surface area (Å²) in [6, 6.07) is 12.9. The van der Waals surface area contributed by atoms with Crippen LogP contribution in [0.15, 0.2) is 48.7 Å². The van der Waals surface area contributed by atoms with Gasteiger partial charge in [0.15, 0.2) is 5.78 Å². The standard InChI is InChI=1S/C16H13ClN2O/c1-19-9-12(10-5-2-3-8-14(10)19)16(20)11-6-4-7-13(18)15(11)17/h2-9H,18H2,1H3. The number of carbonyl (C=O) groups is 1. The van der Waals surface area contributed by atoms with Gasteiger partial charge in [0.25, 0.3) is 0 Å². The first-order valence-electron chi connectivity index (χ1n) is 6.22. The second kappa shape index (κ2) is 4.69. The molecule has 0 aliphatic carbocycles. The number of halogens is 1. The normalized spacial score (nSPS) is 10.9. The van der Waals surface area contributed by atoms with E-state index in [0.717, 1.165) is 10.9 Å². The maximum atomic E-state index is 12.7. The minimum atomic E-state index is -0.112. The molecule has 0 spiro atoms. The fourth-order valence-corrected chi connectivity index (χ4v) is 2.60. The molecule has 0 saturated carbocycles. The first-order valence-corrected chi connectivity index (χ1v) is 6.60. The first kappa shape index (κ1) is 12.8. The molecule has 3 nitrogen and oxygen atoms in total. The number of benzene rings is 2. The Labute approximate surface area is 121 Å². The van der Waals surface area contributed by atoms with Crippen molar-refractivity contribution in [1.82, 2.24) is 4.57 Å². The fourth-order valence-electron chi connectivity index (χ4n) is 2.39. The maximum absolute atomic E-state index is 12.7. The molecule has 1 heterocycles. The molecule has 3 aromatic rings. The van der Waals surface area contributed by atoms with Gasteiger partial charge in [-0.15, -0.1) is 0 Å². The Morgan fingerprint density at radius 3 is 2.65 bits per heavy atom. The zero-order chi connectivity index (χ0) is 14.3. The molecule has 0 fully saturated rings. The van der Waals surface area contributed by atoms with E-state index in [1.165, 1.54) is 0 Å². The van der Waals surface area contributed by atoms with Gasteiger partial charge in [-0.1, -0.05) is 35.9 Å². The lowest BCUT2D eigenvalue weighted by Crippen LogP contribution is -2.03. The van der Waals surface area contributed by atoms with E-state index in [1.807, 2.05) is 42.1 Å². The van der Waals surface area contributed by atoms with Crippen LogP contribution in [0.2, 0.25) is 5.02 Å². The third-order valence-electron chi connectivity index (χ3n) is 3.41. The van der Waals surface area contributed by atoms with Crippen LogP contribution >= 0.6 is 11.6 Å². The number of carbonyl (C=O) groups excluding carboxylic acids is 1. The van der Waals surface area contributed by atoms with E-state index in [9.17, 15) is 4.79 Å². The second-order valence-electron chi connectivity index (χ2n) is 4.71. The Balaban J connectivity index is 2.21. The van der Waals surface area contributed by atoms with Crippen molar-refractivity contribution in [3.8, 4) is 0 Å². The van der Waals surface area contributed by atoms with E-state index >= 15 is 0 Å². The number of hydrogen-bond donors (Lipinski definition) is 1. The molecule has 0 amide bonds. The Morgan fingerprint density at radius 1 is 1.10 bits per heavy atom. The molecule has 0 atom stereocenters. The van der Waals surface area contributed by atoms with Gasteiger partial charge in [0.1, 0.15) is 0 Å². The van der Waals surface area contributed by atoms with Crippen LogP contribution in [0.25, 0.3) is 10.9 Å². The molecular weight excluding hydrogens is 272 g/mol. The lowest BCUT2D eigenvalue weighted by atomic mass is 10.0. The largest absolute Gasteiger partial charge is 0.398 e. The maximum Gasteiger partial charge on any atom is 0.196 e. The predicted molar refractivity (Wildman–Crippen MR) is 82.2 cm³/mol. The summed E-state index contributed by atoms with van der Waals surface area (Å²) in [5.41, 5.74) is 8.26. The number of para-hydroxylation sites is 1. The average molecular weight is 285 g/mol. The molecule has 2 N–H and O–H groups in total. The lowest BCUT2D eigenvalue weighted by Gasteiger charge is -2.05. The Hall–Kier alpha value is -2.26. The van der Waals surface area contributed by atoms with Gasteiger partial charge >= 0.3 is 0 Å². The molecule has 0 bridgehead atoms. The minimum absolute atomic E-state index is 0.112. The number of rotatable bonds is 2. The van der Waals surface area contributed by atoms with Crippen LogP contribution < -0.4 is 5.73 Å². The number of nitrogens with zero attached hydrogens (tertiary/aromatic N) is 1. The van der Waals surface area contributed by atoms with E-state index in [-0.39, 0.29) is 5.78 Å². The number of hydrogen-bond acceptors (Lipinski definition) is 2. The molecule has 0 aliphatic rings. The number of aryl methyl sites for hydroxylation is 1. The van der Waals surface area contributed by atoms with Crippen molar-refractivity contribution in [3.63, 3.8) is 0 Å². The van der Waals surface area contributed by atoms with E-state index in [1.54, 1.807) is 18.2 Å². The van der Waals surface area contributed by atoms with Gasteiger partial charge < -0.3 is 10.3 Å². The van der Waals surface area contributed by atoms with Crippen molar-refractivity contribution in [2.75, 3.05) is 5.73 Å². The van der Waals surface area contributed by atoms with Gasteiger partial charge in [-0.3, -0.25) is 4.79 Å². The van der Waals surface area contributed by atoms with Gasteiger partial charge in [-0.05, 0) is 18.2 Å². The van der Waals surface area contributed by atoms with E-state index in [2.05, 4.69) is 0 Å². The Morgan fingerprint density at radius 2 is 1.85 bits per heavy atom. The number of nitrogen functional groups attached to an aromatic ring is 1. The fraction of sp³-hybridized carbons (Fsp3) is 0.0625. The van der Waals surface area contributed by atoms with Crippen LogP contribution in [-0.4, -0.2) is 10.4 Å². The van der Waals surface area contributed by atoms with Crippen LogP contribution in [0, 0.1) is 0 Å². The highest BCUT2D eigenvalue weighted by atomic mass is 35.5. The monoisotopic (exact) mass is 284 g/mol. The predicted octanol–water partition coefficient (Wildman–Crippen LogP) is 3.64. The van der Waals surface area contributed by atoms with Gasteiger partial charge in [0.2, 0.25) is 0 Å². The second-order valence-corrected chi connectivity index (χ2v) is 5.09. The first-order chi connectivity index (χ1) is 9.59. The minimum Gasteiger partial charge on any atom is -0.398 e. The van der Waals surface area contributed by atoms with Crippen LogP contribution in [0.1, 0.15) is 15.9 Å². The summed E-state index contributed by atoms with van der Waals surface area (Å²) in [6.07, 6.45) is 1.83. The number of fused-ring (bicyclic) bond motifs is 1. The van der Waals surface area contributed by atoms with Gasteiger partial charge in [-0.2, -0.15) is 0 Å². The topological polar surface area (TPSA) is 48.0 Å². The molecule has 4 heteroatoms. The molecule has 0 radical (unpaired) electrons. The van der Waals surface area contributed by atoms with Crippen LogP contribution in [0.4, 0.5) is 5.69 Å². The Kier molecular flexibility index (Phi) is 2.99. The van der Waals surface area contributed by atoms with Crippen molar-refractivity contribution < 1.29 is 4.79 Å². The molecule has 3 rings (SSSR count). The Bertz CT molecular complexity index is 820. The number of ketones is 1. The molecular formula is C16H13ClN2O. The van der Waals surface area contributed by atoms with Crippen molar-refractivity contribution in [2.45, 2.75) is 0 Å². The molecule has 100 valence electrons. The highest BCUT2D eigenvalue weighted by molar-refractivity contribution is 6.37. The van der Waals surface area contributed by atoms with Crippen molar-refractivity contribution in [2.24, 2.45) is 7.05 Å². The summed E-state index contributed by atoms with van der Waals surface area (Å²) < 4.78 is 1.93. The smallest absolute Gasteiger partial charge is 0.196 e. The van der Waals surface area contributed by atoms with Gasteiger partial charge in [0.05, 0.1) is 10.7 Å². The molecule has 20 heavy (non-hydrogen) atoms. The highest BCUT2D eigenvalue weighted by Crippen LogP contribution is 2.28. The number of nitrogens with two attached hydrogens (primary N) is 1. The molecule has 0 aliphatic heterocycles. The summed E-state index contributed by atoms with van der Waals surface area (Å²) in [5, 5.41) is 1.23. The quantitative estimate of drug-likeness (QED) is 0.577. The molecule has 1 aromatic heterocycles. The zero-order valence-electron chi connectivity index (χ0n) is 10.9. The summed E-state index contributed by atoms with van der Waals surface area (Å²) in [4.78, 5) is 12.7. The van der Waals surface area contributed by atoms with E-state index in [4.69, 9.17) is 17.3 Å². The highest BCUT2D eigenvalue weighted by Gasteiger charge is 2.18. The zero-order valence-corrected chi connectivity index (χ0v) is 11.7. The third-order valence-corrected chi connectivity index (χ3v) is 3.84. The van der Waals surface area contributed by atoms with E-state index < -0.39 is 0 Å². The van der Waals surface area contributed by atoms with Crippen LogP contribution in [-0.2, 0) is 7.05 Å². The number of aromatic nitrogens is 1. The summed E-state index contributed by atoms with van der Waals surface area (Å²) in [6.45, 7) is 0. The van der Waals surface area contributed by atoms with Gasteiger partial charge in [-0.25, -0.2) is 0 Å². The summed E-state index contributed by atoms with van der Waals surface area (Å²) >= 11 is 6.14. The van der Waals surface area contributed by atoms with Crippen molar-refractivity contribution in [3.05, 3.63) is 64.8 Å². The van der Waals surface area contributed by atoms with Crippen molar-refractivity contribution in [1.29, 1.82) is 0 Å². The summed E-state index contributed by atoms with van der Waals surface area (Å²) in [7, 11) is 1.92. The van der Waals surface area contributed by atoms with E-state index in [0.29, 0.717) is 21.8 Å². The number of anilines is 1. The lowest BCUT2D eigenvalue weighted by molar-refractivity contribution is 0.104. The molecule has 0 unspecified atom stereocenters. The SMILES string of the molecule is Cn1cc(C(=O)c2cccc(N)c2Cl)c2ccccc21. The van der Waals surface area contributed by atoms with Crippen LogP contribution in [0.5, 0.6) is 0 Å². The molecule has 0 saturated heterocycles. The molecule has 2 aromatic carbocycles. The third kappa shape index (κ3) is 1.87. The van der Waals surface area contributed by atoms with Crippen LogP contribution in [0.3, 0.4) is 0 Å². The van der Waals surface area contributed by atoms with Crippen molar-refractivity contribution >= 4 is 34.0 Å². The van der Waals surface area contributed by atoms with Gasteiger partial charge in [0, 0.05) is 35.3 Å². The average Bonchev–Trinajstić information content (AvgIpc) is 2.79.